The molecule has 3 heterocycles. The molecule has 166 valence electrons. The summed E-state index contributed by atoms with van der Waals surface area (Å²) in [5.41, 5.74) is 1.89. The van der Waals surface area contributed by atoms with E-state index in [1.54, 1.807) is 11.6 Å². The quantitative estimate of drug-likeness (QED) is 0.728. The van der Waals surface area contributed by atoms with Crippen LogP contribution in [0.3, 0.4) is 0 Å². The molecular formula is C22H29N5O4. The Morgan fingerprint density at radius 3 is 2.81 bits per heavy atom. The van der Waals surface area contributed by atoms with E-state index in [1.807, 2.05) is 29.3 Å². The van der Waals surface area contributed by atoms with E-state index in [0.717, 1.165) is 11.3 Å². The summed E-state index contributed by atoms with van der Waals surface area (Å²) in [6.07, 6.45) is 1.88. The van der Waals surface area contributed by atoms with Crippen LogP contribution in [0.25, 0.3) is 0 Å². The first-order valence-electron chi connectivity index (χ1n) is 10.8. The molecule has 0 saturated carbocycles. The molecule has 9 nitrogen and oxygen atoms in total. The molecule has 0 aliphatic carbocycles. The summed E-state index contributed by atoms with van der Waals surface area (Å²) in [5, 5.41) is 11.1. The Labute approximate surface area is 181 Å². The highest BCUT2D eigenvalue weighted by molar-refractivity contribution is 5.85. The van der Waals surface area contributed by atoms with Gasteiger partial charge >= 0.3 is 0 Å². The van der Waals surface area contributed by atoms with Gasteiger partial charge in [-0.2, -0.15) is 0 Å². The van der Waals surface area contributed by atoms with Gasteiger partial charge in [-0.25, -0.2) is 4.68 Å². The average molecular weight is 428 g/mol. The highest BCUT2D eigenvalue weighted by Crippen LogP contribution is 2.31. The van der Waals surface area contributed by atoms with Gasteiger partial charge in [0, 0.05) is 37.9 Å². The van der Waals surface area contributed by atoms with Crippen LogP contribution in [0.15, 0.2) is 36.5 Å². The number of fused-ring (bicyclic) bond motifs is 4. The third kappa shape index (κ3) is 5.48. The van der Waals surface area contributed by atoms with Crippen molar-refractivity contribution in [2.24, 2.45) is 5.92 Å². The molecule has 3 atom stereocenters. The summed E-state index contributed by atoms with van der Waals surface area (Å²) >= 11 is 0. The molecule has 2 aromatic rings. The van der Waals surface area contributed by atoms with E-state index in [0.29, 0.717) is 46.0 Å². The van der Waals surface area contributed by atoms with E-state index in [4.69, 9.17) is 9.47 Å². The van der Waals surface area contributed by atoms with Gasteiger partial charge in [-0.3, -0.25) is 9.59 Å². The fraction of sp³-hybridized carbons (Fsp3) is 0.545. The number of hydrogen-bond donors (Lipinski definition) is 1. The first-order chi connectivity index (χ1) is 15.1. The van der Waals surface area contributed by atoms with Crippen LogP contribution in [-0.2, 0) is 32.2 Å². The van der Waals surface area contributed by atoms with E-state index >= 15 is 0 Å². The van der Waals surface area contributed by atoms with Crippen molar-refractivity contribution in [1.82, 2.24) is 25.2 Å². The number of nitrogens with one attached hydrogen (secondary N) is 1. The number of rotatable bonds is 1. The normalized spacial score (nSPS) is 26.2. The zero-order valence-corrected chi connectivity index (χ0v) is 17.8. The maximum Gasteiger partial charge on any atom is 0.223 e. The number of nitrogens with zero attached hydrogens (tertiary/aromatic N) is 4. The molecule has 0 spiro atoms. The molecule has 31 heavy (non-hydrogen) atoms. The Morgan fingerprint density at radius 2 is 1.97 bits per heavy atom. The maximum atomic E-state index is 12.9. The van der Waals surface area contributed by atoms with Crippen LogP contribution in [0, 0.1) is 5.92 Å². The summed E-state index contributed by atoms with van der Waals surface area (Å²) in [4.78, 5) is 27.1. The second kappa shape index (κ2) is 10.0. The minimum Gasteiger partial charge on any atom is -0.378 e. The molecule has 0 unspecified atom stereocenters. The van der Waals surface area contributed by atoms with E-state index in [9.17, 15) is 9.59 Å². The summed E-state index contributed by atoms with van der Waals surface area (Å²) in [7, 11) is 0. The van der Waals surface area contributed by atoms with Crippen LogP contribution >= 0.6 is 0 Å². The van der Waals surface area contributed by atoms with Gasteiger partial charge in [0.25, 0.3) is 0 Å². The van der Waals surface area contributed by atoms with Crippen molar-refractivity contribution in [3.63, 3.8) is 0 Å². The molecule has 9 heteroatoms. The van der Waals surface area contributed by atoms with E-state index < -0.39 is 5.92 Å². The Balaban J connectivity index is 1.52. The molecule has 1 aromatic carbocycles. The average Bonchev–Trinajstić information content (AvgIpc) is 3.41. The second-order valence-electron chi connectivity index (χ2n) is 8.15. The second-order valence-corrected chi connectivity index (χ2v) is 8.15. The first kappa shape index (κ1) is 21.5. The highest BCUT2D eigenvalue weighted by Gasteiger charge is 2.37. The van der Waals surface area contributed by atoms with Gasteiger partial charge in [-0.1, -0.05) is 42.5 Å². The molecule has 4 bridgehead atoms. The summed E-state index contributed by atoms with van der Waals surface area (Å²) in [6.45, 7) is 5.05. The smallest absolute Gasteiger partial charge is 0.223 e. The summed E-state index contributed by atoms with van der Waals surface area (Å²) in [5.74, 6) is -0.491. The number of carbonyl (C=O) groups is 2. The van der Waals surface area contributed by atoms with Crippen molar-refractivity contribution in [3.05, 3.63) is 47.8 Å². The maximum absolute atomic E-state index is 12.9. The van der Waals surface area contributed by atoms with Gasteiger partial charge in [0.15, 0.2) is 0 Å². The molecule has 2 aliphatic rings. The predicted octanol–water partition coefficient (Wildman–Crippen LogP) is 0.962. The van der Waals surface area contributed by atoms with Crippen LogP contribution in [0.5, 0.6) is 0 Å². The third-order valence-electron chi connectivity index (χ3n) is 5.82. The van der Waals surface area contributed by atoms with Crippen molar-refractivity contribution in [3.8, 4) is 0 Å². The topological polar surface area (TPSA) is 98.6 Å². The van der Waals surface area contributed by atoms with Crippen LogP contribution in [-0.4, -0.2) is 70.7 Å². The largest absolute Gasteiger partial charge is 0.378 e. The van der Waals surface area contributed by atoms with Crippen LogP contribution < -0.4 is 5.32 Å². The minimum atomic E-state index is -0.397. The number of benzene rings is 1. The van der Waals surface area contributed by atoms with Gasteiger partial charge in [-0.05, 0) is 5.56 Å². The van der Waals surface area contributed by atoms with Gasteiger partial charge in [-0.15, -0.1) is 5.10 Å². The Bertz CT molecular complexity index is 887. The SMILES string of the molecule is C[C@@H]1CC(=O)N2C[C@H](OCc3cn(nn3)CCOCCNC1=O)[C@@H](c1ccccc1)C2. The monoisotopic (exact) mass is 427 g/mol. The van der Waals surface area contributed by atoms with Gasteiger partial charge in [0.05, 0.1) is 38.7 Å². The Morgan fingerprint density at radius 1 is 1.13 bits per heavy atom. The Hall–Kier alpha value is -2.78. The van der Waals surface area contributed by atoms with E-state index in [-0.39, 0.29) is 30.3 Å². The molecular weight excluding hydrogens is 398 g/mol. The van der Waals surface area contributed by atoms with Crippen molar-refractivity contribution in [2.45, 2.75) is 38.5 Å². The number of amides is 2. The molecule has 2 amide bonds. The lowest BCUT2D eigenvalue weighted by Gasteiger charge is -2.19. The van der Waals surface area contributed by atoms with Gasteiger partial charge in [0.2, 0.25) is 11.8 Å². The number of ether oxygens (including phenoxy) is 2. The molecule has 1 aromatic heterocycles. The van der Waals surface area contributed by atoms with Crippen LogP contribution in [0.4, 0.5) is 0 Å². The molecule has 1 fully saturated rings. The zero-order valence-electron chi connectivity index (χ0n) is 17.8. The minimum absolute atomic E-state index is 0.0296. The third-order valence-corrected chi connectivity index (χ3v) is 5.82. The molecule has 4 rings (SSSR count). The summed E-state index contributed by atoms with van der Waals surface area (Å²) in [6, 6.07) is 10.1. The number of aromatic nitrogens is 3. The van der Waals surface area contributed by atoms with Crippen molar-refractivity contribution in [2.75, 3.05) is 32.8 Å². The van der Waals surface area contributed by atoms with Crippen molar-refractivity contribution >= 4 is 11.8 Å². The number of carbonyl (C=O) groups excluding carboxylic acids is 2. The Kier molecular flexibility index (Phi) is 6.93. The lowest BCUT2D eigenvalue weighted by atomic mass is 9.96. The molecule has 1 saturated heterocycles. The lowest BCUT2D eigenvalue weighted by Crippen LogP contribution is -2.37. The summed E-state index contributed by atoms with van der Waals surface area (Å²) < 4.78 is 13.5. The molecule has 0 radical (unpaired) electrons. The highest BCUT2D eigenvalue weighted by atomic mass is 16.5. The van der Waals surface area contributed by atoms with Gasteiger partial charge in [0.1, 0.15) is 5.69 Å². The predicted molar refractivity (Wildman–Crippen MR) is 112 cm³/mol. The van der Waals surface area contributed by atoms with Crippen LogP contribution in [0.1, 0.15) is 30.5 Å². The molecule has 1 N–H and O–H groups in total. The zero-order chi connectivity index (χ0) is 21.6. The van der Waals surface area contributed by atoms with Crippen molar-refractivity contribution in [1.29, 1.82) is 0 Å². The van der Waals surface area contributed by atoms with Gasteiger partial charge < -0.3 is 19.7 Å². The molecule has 2 aliphatic heterocycles. The van der Waals surface area contributed by atoms with Crippen LogP contribution in [0.2, 0.25) is 0 Å². The fourth-order valence-electron chi connectivity index (χ4n) is 4.04. The lowest BCUT2D eigenvalue weighted by molar-refractivity contribution is -0.135. The first-order valence-corrected chi connectivity index (χ1v) is 10.8. The standard InChI is InChI=1S/C22H29N5O4/c1-16-11-21(28)26-13-19(17-5-3-2-4-6-17)20(14-26)31-15-18-12-27(25-24-18)8-10-30-9-7-23-22(16)29/h2-6,12,16,19-20H,7-11,13-15H2,1H3,(H,23,29)/t16-,19-,20+/m1/s1. The van der Waals surface area contributed by atoms with E-state index in [2.05, 4.69) is 27.8 Å². The fourth-order valence-corrected chi connectivity index (χ4v) is 4.04. The van der Waals surface area contributed by atoms with E-state index in [1.165, 1.54) is 0 Å². The van der Waals surface area contributed by atoms with Crippen molar-refractivity contribution < 1.29 is 19.1 Å². The number of hydrogen-bond acceptors (Lipinski definition) is 6.